The maximum atomic E-state index is 12.4. The van der Waals surface area contributed by atoms with E-state index in [-0.39, 0.29) is 11.0 Å². The number of ketones is 1. The summed E-state index contributed by atoms with van der Waals surface area (Å²) in [6.07, 6.45) is 1.90. The molecule has 0 fully saturated rings. The smallest absolute Gasteiger partial charge is 0.357 e. The standard InChI is InChI=1S/C20H17ClO3S/c21-16-11-9-15(10-12-16)19-17(22)7-4-8-18(19)24-20(25)23-13-14-5-2-1-3-6-14/h1-3,5-6,9-12H,4,7-8,13H2. The summed E-state index contributed by atoms with van der Waals surface area (Å²) in [6, 6.07) is 16.9. The van der Waals surface area contributed by atoms with Gasteiger partial charge in [-0.05, 0) is 29.7 Å². The largest absolute Gasteiger partial charge is 0.452 e. The van der Waals surface area contributed by atoms with E-state index in [2.05, 4.69) is 0 Å². The van der Waals surface area contributed by atoms with Crippen LogP contribution in [0.4, 0.5) is 0 Å². The van der Waals surface area contributed by atoms with Gasteiger partial charge in [0, 0.05) is 30.1 Å². The lowest BCUT2D eigenvalue weighted by Crippen LogP contribution is -2.16. The lowest BCUT2D eigenvalue weighted by Gasteiger charge is -2.20. The molecule has 3 rings (SSSR count). The van der Waals surface area contributed by atoms with Crippen LogP contribution in [0.15, 0.2) is 60.4 Å². The highest BCUT2D eigenvalue weighted by atomic mass is 35.5. The molecule has 0 heterocycles. The zero-order valence-electron chi connectivity index (χ0n) is 13.5. The first-order chi connectivity index (χ1) is 12.1. The number of allylic oxidation sites excluding steroid dienone is 2. The highest BCUT2D eigenvalue weighted by molar-refractivity contribution is 7.79. The highest BCUT2D eigenvalue weighted by Gasteiger charge is 2.24. The Kier molecular flexibility index (Phi) is 5.84. The normalized spacial score (nSPS) is 14.4. The van der Waals surface area contributed by atoms with Crippen molar-refractivity contribution in [3.8, 4) is 0 Å². The zero-order valence-corrected chi connectivity index (χ0v) is 15.1. The van der Waals surface area contributed by atoms with Crippen molar-refractivity contribution in [1.82, 2.24) is 0 Å². The van der Waals surface area contributed by atoms with Crippen molar-refractivity contribution in [2.24, 2.45) is 0 Å². The third-order valence-corrected chi connectivity index (χ3v) is 4.36. The average Bonchev–Trinajstić information content (AvgIpc) is 2.62. The van der Waals surface area contributed by atoms with E-state index in [4.69, 9.17) is 33.3 Å². The van der Waals surface area contributed by atoms with Gasteiger partial charge in [-0.15, -0.1) is 0 Å². The van der Waals surface area contributed by atoms with Crippen molar-refractivity contribution in [1.29, 1.82) is 0 Å². The Morgan fingerprint density at radius 1 is 1.04 bits per heavy atom. The number of benzene rings is 2. The Bertz CT molecular complexity index is 797. The molecule has 2 aromatic carbocycles. The molecule has 1 aliphatic carbocycles. The SMILES string of the molecule is O=C1CCCC(OC(=S)OCc2ccccc2)=C1c1ccc(Cl)cc1. The van der Waals surface area contributed by atoms with Crippen molar-refractivity contribution < 1.29 is 14.3 Å². The fraction of sp³-hybridized carbons (Fsp3) is 0.200. The Balaban J connectivity index is 1.75. The van der Waals surface area contributed by atoms with E-state index in [1.165, 1.54) is 0 Å². The number of halogens is 1. The monoisotopic (exact) mass is 372 g/mol. The van der Waals surface area contributed by atoms with Crippen molar-refractivity contribution in [3.05, 3.63) is 76.5 Å². The first-order valence-electron chi connectivity index (χ1n) is 8.04. The van der Waals surface area contributed by atoms with Gasteiger partial charge in [0.2, 0.25) is 0 Å². The average molecular weight is 373 g/mol. The molecule has 0 N–H and O–H groups in total. The predicted octanol–water partition coefficient (Wildman–Crippen LogP) is 5.32. The first-order valence-corrected chi connectivity index (χ1v) is 8.83. The molecule has 1 aliphatic rings. The second-order valence-corrected chi connectivity index (χ2v) is 6.48. The highest BCUT2D eigenvalue weighted by Crippen LogP contribution is 2.31. The second-order valence-electron chi connectivity index (χ2n) is 5.71. The van der Waals surface area contributed by atoms with Gasteiger partial charge in [0.1, 0.15) is 12.4 Å². The third-order valence-electron chi connectivity index (χ3n) is 3.90. The maximum absolute atomic E-state index is 12.4. The summed E-state index contributed by atoms with van der Waals surface area (Å²) in [5, 5.41) is 0.650. The Morgan fingerprint density at radius 3 is 2.48 bits per heavy atom. The van der Waals surface area contributed by atoms with E-state index in [1.54, 1.807) is 12.1 Å². The number of ether oxygens (including phenoxy) is 2. The molecule has 5 heteroatoms. The van der Waals surface area contributed by atoms with Gasteiger partial charge in [-0.3, -0.25) is 4.79 Å². The minimum Gasteiger partial charge on any atom is -0.452 e. The summed E-state index contributed by atoms with van der Waals surface area (Å²) < 4.78 is 11.2. The first kappa shape index (κ1) is 17.6. The molecule has 0 saturated heterocycles. The van der Waals surface area contributed by atoms with Crippen LogP contribution in [-0.4, -0.2) is 11.0 Å². The van der Waals surface area contributed by atoms with Gasteiger partial charge in [-0.2, -0.15) is 0 Å². The van der Waals surface area contributed by atoms with Gasteiger partial charge in [0.05, 0.1) is 5.57 Å². The van der Waals surface area contributed by atoms with Gasteiger partial charge in [-0.1, -0.05) is 54.1 Å². The molecule has 0 aromatic heterocycles. The number of hydrogen-bond donors (Lipinski definition) is 0. The van der Waals surface area contributed by atoms with Crippen LogP contribution in [0, 0.1) is 0 Å². The Morgan fingerprint density at radius 2 is 1.76 bits per heavy atom. The predicted molar refractivity (Wildman–Crippen MR) is 102 cm³/mol. The van der Waals surface area contributed by atoms with Crippen molar-refractivity contribution in [3.63, 3.8) is 0 Å². The second kappa shape index (κ2) is 8.28. The van der Waals surface area contributed by atoms with E-state index >= 15 is 0 Å². The van der Waals surface area contributed by atoms with E-state index in [0.717, 1.165) is 17.5 Å². The number of thiocarbonyl (C=S) groups is 1. The van der Waals surface area contributed by atoms with Crippen LogP contribution in [0.25, 0.3) is 5.57 Å². The Hall–Kier alpha value is -2.17. The molecule has 0 unspecified atom stereocenters. The molecular formula is C20H17ClO3S. The molecule has 0 atom stereocenters. The van der Waals surface area contributed by atoms with Crippen molar-refractivity contribution in [2.45, 2.75) is 25.9 Å². The molecule has 0 aliphatic heterocycles. The maximum Gasteiger partial charge on any atom is 0.357 e. The van der Waals surface area contributed by atoms with Crippen LogP contribution in [-0.2, 0) is 20.9 Å². The van der Waals surface area contributed by atoms with Crippen molar-refractivity contribution >= 4 is 40.4 Å². The minimum absolute atomic E-state index is 0.0278. The number of carbonyl (C=O) groups is 1. The molecular weight excluding hydrogens is 356 g/mol. The minimum atomic E-state index is 0.0278. The lowest BCUT2D eigenvalue weighted by atomic mass is 9.91. The zero-order chi connectivity index (χ0) is 17.6. The van der Waals surface area contributed by atoms with E-state index < -0.39 is 0 Å². The lowest BCUT2D eigenvalue weighted by molar-refractivity contribution is -0.114. The number of rotatable bonds is 4. The quantitative estimate of drug-likeness (QED) is 0.680. The third kappa shape index (κ3) is 4.68. The summed E-state index contributed by atoms with van der Waals surface area (Å²) in [6.45, 7) is 0.331. The summed E-state index contributed by atoms with van der Waals surface area (Å²) >= 11 is 11.1. The fourth-order valence-corrected chi connectivity index (χ4v) is 2.99. The van der Waals surface area contributed by atoms with Crippen LogP contribution in [0.2, 0.25) is 5.02 Å². The summed E-state index contributed by atoms with van der Waals surface area (Å²) in [5.41, 5.74) is 2.35. The number of hydrogen-bond acceptors (Lipinski definition) is 4. The van der Waals surface area contributed by atoms with Crippen LogP contribution in [0.3, 0.4) is 0 Å². The molecule has 0 spiro atoms. The molecule has 2 aromatic rings. The van der Waals surface area contributed by atoms with Crippen LogP contribution in [0.1, 0.15) is 30.4 Å². The molecule has 0 radical (unpaired) electrons. The topological polar surface area (TPSA) is 35.5 Å². The van der Waals surface area contributed by atoms with Gasteiger partial charge in [0.15, 0.2) is 5.78 Å². The van der Waals surface area contributed by atoms with Gasteiger partial charge in [-0.25, -0.2) is 0 Å². The van der Waals surface area contributed by atoms with Crippen molar-refractivity contribution in [2.75, 3.05) is 0 Å². The summed E-state index contributed by atoms with van der Waals surface area (Å²) in [7, 11) is 0. The van der Waals surface area contributed by atoms with Gasteiger partial charge < -0.3 is 9.47 Å². The van der Waals surface area contributed by atoms with Gasteiger partial charge in [0.25, 0.3) is 0 Å². The molecule has 0 bridgehead atoms. The van der Waals surface area contributed by atoms with E-state index in [1.807, 2.05) is 42.5 Å². The van der Waals surface area contributed by atoms with Crippen LogP contribution >= 0.6 is 23.8 Å². The van der Waals surface area contributed by atoms with Crippen LogP contribution < -0.4 is 0 Å². The molecule has 0 amide bonds. The number of carbonyl (C=O) groups excluding carboxylic acids is 1. The fourth-order valence-electron chi connectivity index (χ4n) is 2.70. The molecule has 0 saturated carbocycles. The van der Waals surface area contributed by atoms with Crippen LogP contribution in [0.5, 0.6) is 0 Å². The Labute approximate surface area is 157 Å². The summed E-state index contributed by atoms with van der Waals surface area (Å²) in [4.78, 5) is 12.4. The molecule has 128 valence electrons. The molecule has 3 nitrogen and oxygen atoms in total. The molecule has 25 heavy (non-hydrogen) atoms. The van der Waals surface area contributed by atoms with E-state index in [0.29, 0.717) is 35.8 Å². The van der Waals surface area contributed by atoms with Gasteiger partial charge >= 0.3 is 5.24 Å². The number of Topliss-reactive ketones (excluding diaryl/α,β-unsaturated/α-hetero) is 1. The van der Waals surface area contributed by atoms with E-state index in [9.17, 15) is 4.79 Å². The summed E-state index contributed by atoms with van der Waals surface area (Å²) in [5.74, 6) is 0.617.